The molecule has 0 aliphatic rings. The average Bonchev–Trinajstić information content (AvgIpc) is 3.13. The number of aliphatic hydroxyl groups is 1. The van der Waals surface area contributed by atoms with Gasteiger partial charge in [-0.15, -0.1) is 0 Å². The molecule has 4 N–H and O–H groups in total. The molecule has 30 heavy (non-hydrogen) atoms. The number of hydrogen-bond acceptors (Lipinski definition) is 5. The number of hydrogen-bond donors (Lipinski definition) is 3. The fourth-order valence-electron chi connectivity index (χ4n) is 2.87. The first-order chi connectivity index (χ1) is 14.2. The van der Waals surface area contributed by atoms with Crippen LogP contribution >= 0.6 is 11.6 Å². The molecule has 0 aliphatic heterocycles. The normalized spacial score (nSPS) is 11.5. The summed E-state index contributed by atoms with van der Waals surface area (Å²) in [4.78, 5) is 12.1. The van der Waals surface area contributed by atoms with Crippen molar-refractivity contribution in [2.75, 3.05) is 11.9 Å². The van der Waals surface area contributed by atoms with Crippen LogP contribution in [0.2, 0.25) is 5.02 Å². The first-order valence-electron chi connectivity index (χ1n) is 8.72. The highest BCUT2D eigenvalue weighted by Crippen LogP contribution is 2.29. The van der Waals surface area contributed by atoms with Crippen molar-refractivity contribution in [2.45, 2.75) is 17.9 Å². The Bertz CT molecular complexity index is 1180. The third-order valence-electron chi connectivity index (χ3n) is 4.24. The molecule has 0 radical (unpaired) electrons. The zero-order valence-electron chi connectivity index (χ0n) is 15.5. The van der Waals surface area contributed by atoms with Crippen LogP contribution in [0.3, 0.4) is 0 Å². The number of amides is 1. The van der Waals surface area contributed by atoms with Crippen molar-refractivity contribution >= 4 is 33.2 Å². The minimum absolute atomic E-state index is 0.0382. The molecule has 8 nitrogen and oxygen atoms in total. The van der Waals surface area contributed by atoms with E-state index in [0.29, 0.717) is 5.56 Å². The number of carbonyl (C=O) groups excluding carboxylic acids is 1. The van der Waals surface area contributed by atoms with Gasteiger partial charge in [-0.2, -0.15) is 5.10 Å². The van der Waals surface area contributed by atoms with E-state index in [1.807, 2.05) is 0 Å². The van der Waals surface area contributed by atoms with E-state index >= 15 is 0 Å². The highest BCUT2D eigenvalue weighted by atomic mass is 35.5. The van der Waals surface area contributed by atoms with Crippen molar-refractivity contribution in [1.29, 1.82) is 0 Å². The van der Waals surface area contributed by atoms with Crippen molar-refractivity contribution in [3.8, 4) is 11.1 Å². The Hall–Kier alpha value is -2.79. The topological polar surface area (TPSA) is 127 Å². The molecule has 0 saturated heterocycles. The van der Waals surface area contributed by atoms with Gasteiger partial charge in [-0.05, 0) is 24.3 Å². The molecular weight excluding hydrogens is 435 g/mol. The van der Waals surface area contributed by atoms with Gasteiger partial charge in [-0.1, -0.05) is 23.7 Å². The van der Waals surface area contributed by atoms with Gasteiger partial charge in [0.05, 0.1) is 30.7 Å². The smallest absolute Gasteiger partial charge is 0.238 e. The lowest BCUT2D eigenvalue weighted by molar-refractivity contribution is -0.115. The number of sulfonamides is 1. The number of aliphatic hydroxyl groups excluding tert-OH is 1. The van der Waals surface area contributed by atoms with Gasteiger partial charge < -0.3 is 10.4 Å². The molecule has 1 heterocycles. The second-order valence-electron chi connectivity index (χ2n) is 6.40. The van der Waals surface area contributed by atoms with Crippen molar-refractivity contribution < 1.29 is 22.7 Å². The Balaban J connectivity index is 1.88. The Morgan fingerprint density at radius 2 is 2.07 bits per heavy atom. The number of carbonyl (C=O) groups is 1. The average molecular weight is 453 g/mol. The predicted molar refractivity (Wildman–Crippen MR) is 110 cm³/mol. The summed E-state index contributed by atoms with van der Waals surface area (Å²) in [6.45, 7) is 0.123. The first kappa shape index (κ1) is 21.9. The number of nitrogens with two attached hydrogens (primary N) is 1. The van der Waals surface area contributed by atoms with Gasteiger partial charge >= 0.3 is 0 Å². The van der Waals surface area contributed by atoms with E-state index in [4.69, 9.17) is 21.8 Å². The lowest BCUT2D eigenvalue weighted by Crippen LogP contribution is -2.17. The summed E-state index contributed by atoms with van der Waals surface area (Å²) in [5, 5.41) is 21.0. The maximum absolute atomic E-state index is 13.9. The van der Waals surface area contributed by atoms with E-state index < -0.39 is 21.7 Å². The molecular formula is C19H18ClFN4O4S. The highest BCUT2D eigenvalue weighted by Gasteiger charge is 2.19. The molecule has 158 valence electrons. The van der Waals surface area contributed by atoms with E-state index in [0.717, 1.165) is 0 Å². The molecule has 0 saturated carbocycles. The zero-order chi connectivity index (χ0) is 21.9. The SMILES string of the molecule is NS(=O)(=O)c1cc(NC(=O)Cc2c(F)cccc2Cl)ccc1-c1cnn(CCO)c1. The Morgan fingerprint density at radius 1 is 1.30 bits per heavy atom. The second-order valence-corrected chi connectivity index (χ2v) is 8.33. The number of nitrogens with zero attached hydrogens (tertiary/aromatic N) is 2. The van der Waals surface area contributed by atoms with E-state index in [-0.39, 0.29) is 46.3 Å². The number of anilines is 1. The van der Waals surface area contributed by atoms with Crippen molar-refractivity contribution in [1.82, 2.24) is 9.78 Å². The minimum atomic E-state index is -4.13. The van der Waals surface area contributed by atoms with Crippen LogP contribution in [0.25, 0.3) is 11.1 Å². The molecule has 3 rings (SSSR count). The summed E-state index contributed by atoms with van der Waals surface area (Å²) >= 11 is 5.94. The van der Waals surface area contributed by atoms with Gasteiger partial charge in [0, 0.05) is 33.6 Å². The van der Waals surface area contributed by atoms with Crippen LogP contribution in [0, 0.1) is 5.82 Å². The molecule has 0 aliphatic carbocycles. The third kappa shape index (κ3) is 5.03. The van der Waals surface area contributed by atoms with Crippen molar-refractivity contribution in [2.24, 2.45) is 5.14 Å². The summed E-state index contributed by atoms with van der Waals surface area (Å²) < 4.78 is 39.6. The van der Waals surface area contributed by atoms with Crippen LogP contribution in [0.15, 0.2) is 53.7 Å². The number of nitrogens with one attached hydrogen (secondary N) is 1. The Morgan fingerprint density at radius 3 is 2.73 bits per heavy atom. The van der Waals surface area contributed by atoms with Crippen LogP contribution in [-0.2, 0) is 27.8 Å². The fraction of sp³-hybridized carbons (Fsp3) is 0.158. The minimum Gasteiger partial charge on any atom is -0.394 e. The Kier molecular flexibility index (Phi) is 6.52. The Labute approximate surface area is 177 Å². The number of halogens is 2. The molecule has 1 aromatic heterocycles. The van der Waals surface area contributed by atoms with E-state index in [1.54, 1.807) is 6.20 Å². The van der Waals surface area contributed by atoms with Gasteiger partial charge in [-0.25, -0.2) is 17.9 Å². The molecule has 0 spiro atoms. The van der Waals surface area contributed by atoms with Crippen LogP contribution in [-0.4, -0.2) is 35.8 Å². The van der Waals surface area contributed by atoms with Crippen LogP contribution in [0.5, 0.6) is 0 Å². The number of rotatable bonds is 7. The van der Waals surface area contributed by atoms with Crippen LogP contribution in [0.1, 0.15) is 5.56 Å². The van der Waals surface area contributed by atoms with Crippen LogP contribution < -0.4 is 10.5 Å². The number of aromatic nitrogens is 2. The largest absolute Gasteiger partial charge is 0.394 e. The second kappa shape index (κ2) is 8.92. The summed E-state index contributed by atoms with van der Waals surface area (Å²) in [6, 6.07) is 8.28. The molecule has 0 bridgehead atoms. The summed E-state index contributed by atoms with van der Waals surface area (Å²) in [7, 11) is -4.13. The molecule has 0 atom stereocenters. The van der Waals surface area contributed by atoms with Gasteiger partial charge in [0.1, 0.15) is 5.82 Å². The molecule has 0 unspecified atom stereocenters. The van der Waals surface area contributed by atoms with Gasteiger partial charge in [0.25, 0.3) is 0 Å². The molecule has 0 fully saturated rings. The zero-order valence-corrected chi connectivity index (χ0v) is 17.1. The van der Waals surface area contributed by atoms with Crippen LogP contribution in [0.4, 0.5) is 10.1 Å². The van der Waals surface area contributed by atoms with E-state index in [9.17, 15) is 17.6 Å². The van der Waals surface area contributed by atoms with Crippen molar-refractivity contribution in [3.05, 3.63) is 65.2 Å². The molecule has 3 aromatic rings. The molecule has 2 aromatic carbocycles. The standard InChI is InChI=1S/C19H18ClFN4O4S/c20-16-2-1-3-17(21)15(16)9-19(27)24-13-4-5-14(18(8-13)30(22,28)29)12-10-23-25(11-12)6-7-26/h1-5,8,10-11,26H,6-7,9H2,(H,24,27)(H2,22,28,29). The maximum Gasteiger partial charge on any atom is 0.238 e. The van der Waals surface area contributed by atoms with E-state index in [1.165, 1.54) is 47.3 Å². The molecule has 1 amide bonds. The van der Waals surface area contributed by atoms with Gasteiger partial charge in [0.2, 0.25) is 15.9 Å². The van der Waals surface area contributed by atoms with Crippen molar-refractivity contribution in [3.63, 3.8) is 0 Å². The van der Waals surface area contributed by atoms with Gasteiger partial charge in [0.15, 0.2) is 0 Å². The third-order valence-corrected chi connectivity index (χ3v) is 5.55. The fourth-order valence-corrected chi connectivity index (χ4v) is 3.88. The van der Waals surface area contributed by atoms with E-state index in [2.05, 4.69) is 10.4 Å². The first-order valence-corrected chi connectivity index (χ1v) is 10.6. The predicted octanol–water partition coefficient (Wildman–Crippen LogP) is 2.16. The quantitative estimate of drug-likeness (QED) is 0.506. The lowest BCUT2D eigenvalue weighted by Gasteiger charge is -2.11. The highest BCUT2D eigenvalue weighted by molar-refractivity contribution is 7.89. The maximum atomic E-state index is 13.9. The molecule has 11 heteroatoms. The monoisotopic (exact) mass is 452 g/mol. The lowest BCUT2D eigenvalue weighted by atomic mass is 10.1. The number of primary sulfonamides is 1. The number of benzene rings is 2. The summed E-state index contributed by atoms with van der Waals surface area (Å²) in [5.41, 5.74) is 0.972. The van der Waals surface area contributed by atoms with Gasteiger partial charge in [-0.3, -0.25) is 9.48 Å². The summed E-state index contributed by atoms with van der Waals surface area (Å²) in [5.74, 6) is -1.19. The summed E-state index contributed by atoms with van der Waals surface area (Å²) in [6.07, 6.45) is 2.68.